The highest BCUT2D eigenvalue weighted by Crippen LogP contribution is 2.20. The van der Waals surface area contributed by atoms with Gasteiger partial charge in [-0.05, 0) is 56.3 Å². The van der Waals surface area contributed by atoms with Gasteiger partial charge in [0.1, 0.15) is 0 Å². The summed E-state index contributed by atoms with van der Waals surface area (Å²) >= 11 is 1.44. The monoisotopic (exact) mass is 456 g/mol. The molecule has 32 heavy (non-hydrogen) atoms. The molecule has 0 bridgehead atoms. The van der Waals surface area contributed by atoms with Crippen LogP contribution in [-0.2, 0) is 11.3 Å². The zero-order chi connectivity index (χ0) is 22.8. The fourth-order valence-electron chi connectivity index (χ4n) is 3.49. The summed E-state index contributed by atoms with van der Waals surface area (Å²) < 4.78 is 0. The number of carbonyl (C=O) groups excluding carboxylic acids is 3. The number of piperidine rings is 1. The van der Waals surface area contributed by atoms with Gasteiger partial charge in [-0.2, -0.15) is 0 Å². The second kappa shape index (κ2) is 12.1. The van der Waals surface area contributed by atoms with Gasteiger partial charge in [0.15, 0.2) is 0 Å². The van der Waals surface area contributed by atoms with Crippen LogP contribution >= 0.6 is 11.3 Å². The predicted octanol–water partition coefficient (Wildman–Crippen LogP) is 3.10. The van der Waals surface area contributed by atoms with Crippen molar-refractivity contribution in [3.63, 3.8) is 0 Å². The van der Waals surface area contributed by atoms with E-state index in [0.29, 0.717) is 18.7 Å². The molecule has 2 heterocycles. The Morgan fingerprint density at radius 2 is 1.81 bits per heavy atom. The lowest BCUT2D eigenvalue weighted by molar-refractivity contribution is -0.124. The molecule has 3 rings (SSSR count). The maximum atomic E-state index is 13.0. The van der Waals surface area contributed by atoms with E-state index in [1.54, 1.807) is 40.7 Å². The molecule has 1 aromatic heterocycles. The summed E-state index contributed by atoms with van der Waals surface area (Å²) in [5.74, 6) is -1.04. The van der Waals surface area contributed by atoms with E-state index in [0.717, 1.165) is 29.4 Å². The summed E-state index contributed by atoms with van der Waals surface area (Å²) in [6.45, 7) is 3.66. The summed E-state index contributed by atoms with van der Waals surface area (Å²) in [6.07, 6.45) is 6.40. The molecule has 1 aliphatic rings. The number of nitrogens with one attached hydrogen (secondary N) is 2. The number of benzene rings is 1. The summed E-state index contributed by atoms with van der Waals surface area (Å²) in [4.78, 5) is 42.3. The van der Waals surface area contributed by atoms with Crippen LogP contribution in [0.25, 0.3) is 6.08 Å². The molecule has 170 valence electrons. The number of likely N-dealkylation sites (tertiary alicyclic amines) is 1. The minimum absolute atomic E-state index is 0.354. The molecule has 4 amide bonds. The molecule has 8 nitrogen and oxygen atoms in total. The molecule has 0 saturated carbocycles. The Labute approximate surface area is 191 Å². The van der Waals surface area contributed by atoms with Crippen molar-refractivity contribution in [2.75, 3.05) is 26.2 Å². The fraction of sp³-hybridized carbons (Fsp3) is 0.348. The molecule has 0 unspecified atom stereocenters. The third-order valence-electron chi connectivity index (χ3n) is 5.22. The van der Waals surface area contributed by atoms with E-state index in [1.807, 2.05) is 18.2 Å². The lowest BCUT2D eigenvalue weighted by Crippen LogP contribution is -2.46. The van der Waals surface area contributed by atoms with E-state index in [1.165, 1.54) is 36.7 Å². The molecule has 0 atom stereocenters. The van der Waals surface area contributed by atoms with Crippen LogP contribution in [0.3, 0.4) is 0 Å². The van der Waals surface area contributed by atoms with E-state index in [2.05, 4.69) is 10.2 Å². The number of hydrogen-bond donors (Lipinski definition) is 3. The fourth-order valence-corrected chi connectivity index (χ4v) is 4.42. The third kappa shape index (κ3) is 7.30. The third-order valence-corrected chi connectivity index (χ3v) is 6.25. The van der Waals surface area contributed by atoms with Gasteiger partial charge in [-0.1, -0.05) is 24.6 Å². The molecule has 0 spiro atoms. The van der Waals surface area contributed by atoms with E-state index in [-0.39, 0.29) is 0 Å². The molecule has 1 saturated heterocycles. The van der Waals surface area contributed by atoms with Crippen molar-refractivity contribution in [2.45, 2.75) is 25.8 Å². The molecule has 0 radical (unpaired) electrons. The van der Waals surface area contributed by atoms with Crippen molar-refractivity contribution >= 4 is 35.3 Å². The van der Waals surface area contributed by atoms with Crippen LogP contribution in [-0.4, -0.2) is 59.0 Å². The molecule has 0 aliphatic carbocycles. The quantitative estimate of drug-likeness (QED) is 0.322. The summed E-state index contributed by atoms with van der Waals surface area (Å²) in [5, 5.41) is 11.1. The molecular formula is C23H28N4O4S. The van der Waals surface area contributed by atoms with Crippen LogP contribution in [0.15, 0.2) is 48.5 Å². The van der Waals surface area contributed by atoms with Crippen molar-refractivity contribution in [3.05, 3.63) is 63.9 Å². The van der Waals surface area contributed by atoms with Gasteiger partial charge in [0, 0.05) is 34.5 Å². The number of urea groups is 1. The Hall–Kier alpha value is -3.01. The van der Waals surface area contributed by atoms with Gasteiger partial charge in [0.2, 0.25) is 0 Å². The maximum absolute atomic E-state index is 13.0. The van der Waals surface area contributed by atoms with Gasteiger partial charge in [0.25, 0.3) is 11.8 Å². The highest BCUT2D eigenvalue weighted by Gasteiger charge is 2.20. The molecule has 3 N–H and O–H groups in total. The van der Waals surface area contributed by atoms with Gasteiger partial charge in [-0.25, -0.2) is 10.3 Å². The normalized spacial score (nSPS) is 14.3. The van der Waals surface area contributed by atoms with Gasteiger partial charge >= 0.3 is 6.03 Å². The van der Waals surface area contributed by atoms with E-state index < -0.39 is 17.8 Å². The van der Waals surface area contributed by atoms with E-state index in [4.69, 9.17) is 5.21 Å². The number of imide groups is 1. The summed E-state index contributed by atoms with van der Waals surface area (Å²) in [6, 6.07) is 12.0. The summed E-state index contributed by atoms with van der Waals surface area (Å²) in [5.41, 5.74) is 1.98. The smallest absolute Gasteiger partial charge is 0.318 e. The highest BCUT2D eigenvalue weighted by atomic mass is 32.1. The lowest BCUT2D eigenvalue weighted by Gasteiger charge is -2.30. The molecule has 2 aromatic rings. The van der Waals surface area contributed by atoms with Crippen molar-refractivity contribution in [1.82, 2.24) is 20.6 Å². The van der Waals surface area contributed by atoms with Crippen LogP contribution in [0.5, 0.6) is 0 Å². The highest BCUT2D eigenvalue weighted by molar-refractivity contribution is 7.12. The van der Waals surface area contributed by atoms with Crippen molar-refractivity contribution in [3.8, 4) is 0 Å². The average molecular weight is 457 g/mol. The zero-order valence-corrected chi connectivity index (χ0v) is 18.6. The molecular weight excluding hydrogens is 428 g/mol. The van der Waals surface area contributed by atoms with Crippen LogP contribution in [0.1, 0.15) is 39.4 Å². The second-order valence-electron chi connectivity index (χ2n) is 7.56. The summed E-state index contributed by atoms with van der Waals surface area (Å²) in [7, 11) is 0. The number of carbonyl (C=O) groups is 3. The molecule has 1 aliphatic heterocycles. The number of thiophene rings is 1. The first-order valence-corrected chi connectivity index (χ1v) is 11.5. The molecule has 1 aromatic carbocycles. The van der Waals surface area contributed by atoms with Gasteiger partial charge in [-0.15, -0.1) is 11.3 Å². The first kappa shape index (κ1) is 23.6. The first-order valence-electron chi connectivity index (χ1n) is 10.6. The van der Waals surface area contributed by atoms with Crippen LogP contribution < -0.4 is 10.8 Å². The van der Waals surface area contributed by atoms with Crippen molar-refractivity contribution in [2.24, 2.45) is 0 Å². The Morgan fingerprint density at radius 1 is 1.06 bits per heavy atom. The lowest BCUT2D eigenvalue weighted by atomic mass is 10.1. The van der Waals surface area contributed by atoms with Crippen molar-refractivity contribution in [1.29, 1.82) is 0 Å². The maximum Gasteiger partial charge on any atom is 0.324 e. The minimum atomic E-state index is -0.609. The molecule has 1 fully saturated rings. The SMILES string of the molecule is O=C(C=Cc1ccc(CN(CCN2CCCCC2)C(=O)NC(=O)c2ccccc2)s1)NO. The largest absolute Gasteiger partial charge is 0.324 e. The first-order chi connectivity index (χ1) is 15.5. The van der Waals surface area contributed by atoms with Crippen LogP contribution in [0.4, 0.5) is 4.79 Å². The predicted molar refractivity (Wildman–Crippen MR) is 123 cm³/mol. The number of rotatable bonds is 8. The van der Waals surface area contributed by atoms with Crippen LogP contribution in [0.2, 0.25) is 0 Å². The van der Waals surface area contributed by atoms with Gasteiger partial charge in [-0.3, -0.25) is 20.1 Å². The number of hydrogen-bond acceptors (Lipinski definition) is 6. The molecule has 9 heteroatoms. The Morgan fingerprint density at radius 3 is 2.53 bits per heavy atom. The Bertz CT molecular complexity index is 938. The van der Waals surface area contributed by atoms with Gasteiger partial charge in [0.05, 0.1) is 6.54 Å². The van der Waals surface area contributed by atoms with Crippen molar-refractivity contribution < 1.29 is 19.6 Å². The number of hydroxylamine groups is 1. The zero-order valence-electron chi connectivity index (χ0n) is 17.8. The Balaban J connectivity index is 1.66. The van der Waals surface area contributed by atoms with Crippen LogP contribution in [0, 0.1) is 0 Å². The standard InChI is InChI=1S/C23H28N4O4S/c28-21(25-31)12-11-19-9-10-20(32-19)17-27(16-15-26-13-5-2-6-14-26)23(30)24-22(29)18-7-3-1-4-8-18/h1,3-4,7-12,31H,2,5-6,13-17H2,(H,25,28)(H,24,29,30). The second-order valence-corrected chi connectivity index (χ2v) is 8.76. The average Bonchev–Trinajstić information content (AvgIpc) is 3.28. The number of nitrogens with zero attached hydrogens (tertiary/aromatic N) is 2. The van der Waals surface area contributed by atoms with E-state index >= 15 is 0 Å². The number of amides is 4. The minimum Gasteiger partial charge on any atom is -0.318 e. The van der Waals surface area contributed by atoms with E-state index in [9.17, 15) is 14.4 Å². The topological polar surface area (TPSA) is 102 Å². The Kier molecular flexibility index (Phi) is 8.97. The van der Waals surface area contributed by atoms with Gasteiger partial charge < -0.3 is 9.80 Å².